The summed E-state index contributed by atoms with van der Waals surface area (Å²) >= 11 is 0. The van der Waals surface area contributed by atoms with Crippen molar-refractivity contribution in [2.75, 3.05) is 19.0 Å². The van der Waals surface area contributed by atoms with E-state index in [0.717, 1.165) is 11.4 Å². The first-order valence-electron chi connectivity index (χ1n) is 4.00. The van der Waals surface area contributed by atoms with Crippen LogP contribution in [0, 0.1) is 0 Å². The second-order valence-electron chi connectivity index (χ2n) is 2.44. The highest BCUT2D eigenvalue weighted by atomic mass is 35.5. The van der Waals surface area contributed by atoms with Crippen LogP contribution in [0.3, 0.4) is 0 Å². The summed E-state index contributed by atoms with van der Waals surface area (Å²) in [5.41, 5.74) is 0.864. The van der Waals surface area contributed by atoms with E-state index < -0.39 is 0 Å². The monoisotopic (exact) mass is 217 g/mol. The fourth-order valence-corrected chi connectivity index (χ4v) is 1.00. The first kappa shape index (κ1) is 12.8. The number of anilines is 1. The summed E-state index contributed by atoms with van der Waals surface area (Å²) < 4.78 is 16.7. The van der Waals surface area contributed by atoms with Crippen molar-refractivity contribution >= 4 is 18.1 Å². The summed E-state index contributed by atoms with van der Waals surface area (Å²) in [6.07, 6.45) is 1.91. The predicted octanol–water partition coefficient (Wildman–Crippen LogP) is 3.01. The van der Waals surface area contributed by atoms with Crippen molar-refractivity contribution in [1.29, 1.82) is 0 Å². The van der Waals surface area contributed by atoms with Gasteiger partial charge >= 0.3 is 0 Å². The second-order valence-corrected chi connectivity index (χ2v) is 2.44. The van der Waals surface area contributed by atoms with Crippen LogP contribution < -0.4 is 10.1 Å². The Morgan fingerprint density at radius 3 is 2.79 bits per heavy atom. The average Bonchev–Trinajstić information content (AvgIpc) is 2.19. The molecule has 0 heterocycles. The van der Waals surface area contributed by atoms with Crippen molar-refractivity contribution in [1.82, 2.24) is 0 Å². The molecule has 2 nitrogen and oxygen atoms in total. The van der Waals surface area contributed by atoms with Gasteiger partial charge in [0.05, 0.1) is 19.1 Å². The van der Waals surface area contributed by atoms with Crippen molar-refractivity contribution in [3.63, 3.8) is 0 Å². The van der Waals surface area contributed by atoms with Gasteiger partial charge in [0.1, 0.15) is 5.75 Å². The van der Waals surface area contributed by atoms with Crippen molar-refractivity contribution < 1.29 is 9.13 Å². The molecule has 0 spiro atoms. The molecule has 0 bridgehead atoms. The number of halogens is 2. The highest BCUT2D eigenvalue weighted by molar-refractivity contribution is 5.85. The molecule has 0 atom stereocenters. The van der Waals surface area contributed by atoms with E-state index in [4.69, 9.17) is 4.74 Å². The summed E-state index contributed by atoms with van der Waals surface area (Å²) in [6, 6.07) is 7.51. The average molecular weight is 218 g/mol. The number of para-hydroxylation sites is 2. The van der Waals surface area contributed by atoms with Gasteiger partial charge in [0.15, 0.2) is 0 Å². The zero-order valence-electron chi connectivity index (χ0n) is 7.87. The summed E-state index contributed by atoms with van der Waals surface area (Å²) in [7, 11) is 1.60. The molecule has 0 aliphatic rings. The fraction of sp³-hybridized carbons (Fsp3) is 0.200. The van der Waals surface area contributed by atoms with Gasteiger partial charge in [-0.15, -0.1) is 12.4 Å². The highest BCUT2D eigenvalue weighted by Crippen LogP contribution is 2.22. The number of benzene rings is 1. The van der Waals surface area contributed by atoms with E-state index >= 15 is 0 Å². The molecular weight excluding hydrogens is 205 g/mol. The van der Waals surface area contributed by atoms with Gasteiger partial charge in [0, 0.05) is 6.54 Å². The van der Waals surface area contributed by atoms with Gasteiger partial charge in [-0.3, -0.25) is 0 Å². The van der Waals surface area contributed by atoms with Crippen LogP contribution in [0.1, 0.15) is 0 Å². The molecule has 0 radical (unpaired) electrons. The molecule has 14 heavy (non-hydrogen) atoms. The Morgan fingerprint density at radius 1 is 1.43 bits per heavy atom. The number of hydrogen-bond donors (Lipinski definition) is 1. The largest absolute Gasteiger partial charge is 0.495 e. The fourth-order valence-electron chi connectivity index (χ4n) is 1.00. The van der Waals surface area contributed by atoms with E-state index in [1.807, 2.05) is 24.3 Å². The van der Waals surface area contributed by atoms with Gasteiger partial charge < -0.3 is 10.1 Å². The van der Waals surface area contributed by atoms with E-state index in [-0.39, 0.29) is 12.4 Å². The van der Waals surface area contributed by atoms with Crippen LogP contribution in [0.15, 0.2) is 36.7 Å². The number of rotatable bonds is 4. The molecule has 1 aromatic carbocycles. The van der Waals surface area contributed by atoms with E-state index in [2.05, 4.69) is 5.32 Å². The Bertz CT molecular complexity index is 291. The van der Waals surface area contributed by atoms with Gasteiger partial charge in [0.2, 0.25) is 0 Å². The Kier molecular flexibility index (Phi) is 6.58. The smallest absolute Gasteiger partial charge is 0.141 e. The third kappa shape index (κ3) is 3.66. The van der Waals surface area contributed by atoms with Crippen LogP contribution in [0.25, 0.3) is 0 Å². The minimum atomic E-state index is 0. The normalized spacial score (nSPS) is 9.57. The first-order chi connectivity index (χ1) is 6.38. The molecule has 0 fully saturated rings. The lowest BCUT2D eigenvalue weighted by Gasteiger charge is -2.08. The minimum Gasteiger partial charge on any atom is -0.495 e. The zero-order chi connectivity index (χ0) is 9.52. The Balaban J connectivity index is 0.00000169. The second kappa shape index (κ2) is 7.21. The number of methoxy groups -OCH3 is 1. The van der Waals surface area contributed by atoms with Crippen molar-refractivity contribution in [2.24, 2.45) is 0 Å². The highest BCUT2D eigenvalue weighted by Gasteiger charge is 1.97. The van der Waals surface area contributed by atoms with Crippen molar-refractivity contribution in [3.8, 4) is 5.75 Å². The maximum absolute atomic E-state index is 11.6. The maximum Gasteiger partial charge on any atom is 0.141 e. The van der Waals surface area contributed by atoms with Gasteiger partial charge in [-0.25, -0.2) is 4.39 Å². The molecule has 0 saturated heterocycles. The third-order valence-corrected chi connectivity index (χ3v) is 1.61. The number of hydrogen-bond acceptors (Lipinski definition) is 2. The van der Waals surface area contributed by atoms with Crippen molar-refractivity contribution in [3.05, 3.63) is 36.7 Å². The van der Waals surface area contributed by atoms with Crippen LogP contribution in [0.2, 0.25) is 0 Å². The molecule has 1 aromatic rings. The Morgan fingerprint density at radius 2 is 2.14 bits per heavy atom. The molecule has 4 heteroatoms. The molecule has 0 aliphatic carbocycles. The standard InChI is InChI=1S/C10H12FNO.ClH/c1-13-10-6-3-2-5-9(10)12-8-4-7-11;/h2-7,12H,8H2,1H3;1H/b7-4+;. The van der Waals surface area contributed by atoms with Crippen LogP contribution in [-0.4, -0.2) is 13.7 Å². The van der Waals surface area contributed by atoms with Gasteiger partial charge in [-0.1, -0.05) is 12.1 Å². The first-order valence-corrected chi connectivity index (χ1v) is 4.00. The predicted molar refractivity (Wildman–Crippen MR) is 59.0 cm³/mol. The van der Waals surface area contributed by atoms with Crippen LogP contribution in [0.4, 0.5) is 10.1 Å². The third-order valence-electron chi connectivity index (χ3n) is 1.61. The van der Waals surface area contributed by atoms with E-state index in [9.17, 15) is 4.39 Å². The van der Waals surface area contributed by atoms with Gasteiger partial charge in [0.25, 0.3) is 0 Å². The molecule has 0 aliphatic heterocycles. The summed E-state index contributed by atoms with van der Waals surface area (Å²) in [5.74, 6) is 0.759. The van der Waals surface area contributed by atoms with E-state index in [1.54, 1.807) is 7.11 Å². The molecule has 1 rings (SSSR count). The molecule has 78 valence electrons. The summed E-state index contributed by atoms with van der Waals surface area (Å²) in [4.78, 5) is 0. The SMILES string of the molecule is COc1ccccc1NC/C=C/F.Cl. The van der Waals surface area contributed by atoms with E-state index in [1.165, 1.54) is 6.08 Å². The molecule has 0 aromatic heterocycles. The topological polar surface area (TPSA) is 21.3 Å². The van der Waals surface area contributed by atoms with Crippen molar-refractivity contribution in [2.45, 2.75) is 0 Å². The molecule has 1 N–H and O–H groups in total. The van der Waals surface area contributed by atoms with E-state index in [0.29, 0.717) is 12.9 Å². The lowest BCUT2D eigenvalue weighted by atomic mass is 10.3. The van der Waals surface area contributed by atoms with Crippen LogP contribution in [-0.2, 0) is 0 Å². The number of ether oxygens (including phenoxy) is 1. The quantitative estimate of drug-likeness (QED) is 0.837. The minimum absolute atomic E-state index is 0. The Hall–Kier alpha value is -1.22. The maximum atomic E-state index is 11.6. The number of nitrogens with one attached hydrogen (secondary N) is 1. The molecular formula is C10H13ClFNO. The Labute approximate surface area is 89.2 Å². The lowest BCUT2D eigenvalue weighted by molar-refractivity contribution is 0.416. The van der Waals surface area contributed by atoms with Crippen LogP contribution >= 0.6 is 12.4 Å². The lowest BCUT2D eigenvalue weighted by Crippen LogP contribution is -1.99. The molecule has 0 saturated carbocycles. The van der Waals surface area contributed by atoms with Crippen LogP contribution in [0.5, 0.6) is 5.75 Å². The summed E-state index contributed by atoms with van der Waals surface area (Å²) in [5, 5.41) is 3.01. The molecule has 0 unspecified atom stereocenters. The van der Waals surface area contributed by atoms with Gasteiger partial charge in [-0.2, -0.15) is 0 Å². The molecule has 0 amide bonds. The van der Waals surface area contributed by atoms with Gasteiger partial charge in [-0.05, 0) is 18.2 Å². The summed E-state index contributed by atoms with van der Waals surface area (Å²) in [6.45, 7) is 0.455. The zero-order valence-corrected chi connectivity index (χ0v) is 8.68.